The zero-order valence-corrected chi connectivity index (χ0v) is 35.1. The first-order valence-corrected chi connectivity index (χ1v) is 21.9. The van der Waals surface area contributed by atoms with Crippen LogP contribution < -0.4 is 15.6 Å². The summed E-state index contributed by atoms with van der Waals surface area (Å²) in [6.07, 6.45) is 0. The third kappa shape index (κ3) is 4.98. The molecule has 0 bridgehead atoms. The molecule has 1 N–H and O–H groups in total. The number of fused-ring (bicyclic) bond motifs is 13. The van der Waals surface area contributed by atoms with Crippen LogP contribution in [-0.4, -0.2) is 11.8 Å². The van der Waals surface area contributed by atoms with E-state index in [9.17, 15) is 0 Å². The first kappa shape index (κ1) is 34.2. The van der Waals surface area contributed by atoms with Crippen molar-refractivity contribution in [2.24, 2.45) is 0 Å². The van der Waals surface area contributed by atoms with Gasteiger partial charge in [-0.1, -0.05) is 108 Å². The third-order valence-corrected chi connectivity index (χ3v) is 14.8. The second-order valence-electron chi connectivity index (χ2n) is 18.2. The highest BCUT2D eigenvalue weighted by atomic mass is 32.1. The summed E-state index contributed by atoms with van der Waals surface area (Å²) in [4.78, 5) is 0. The van der Waals surface area contributed by atoms with Gasteiger partial charge in [-0.25, -0.2) is 0 Å². The lowest BCUT2D eigenvalue weighted by Crippen LogP contribution is -2.35. The molecule has 1 aliphatic heterocycles. The maximum absolute atomic E-state index is 6.56. The number of para-hydroxylation sites is 1. The number of benzene rings is 7. The predicted molar refractivity (Wildman–Crippen MR) is 255 cm³/mol. The Labute approximate surface area is 345 Å². The van der Waals surface area contributed by atoms with E-state index in [4.69, 9.17) is 4.42 Å². The van der Waals surface area contributed by atoms with Crippen LogP contribution in [0.4, 0.5) is 11.4 Å². The topological polar surface area (TPSA) is 30.1 Å². The Kier molecular flexibility index (Phi) is 7.01. The Morgan fingerprint density at radius 1 is 0.534 bits per heavy atom. The number of anilines is 2. The number of aromatic nitrogens is 1. The van der Waals surface area contributed by atoms with Gasteiger partial charge in [0.15, 0.2) is 0 Å². The summed E-state index contributed by atoms with van der Waals surface area (Å²) in [5.41, 5.74) is 14.6. The van der Waals surface area contributed by atoms with E-state index in [1.807, 2.05) is 22.7 Å². The molecule has 0 saturated heterocycles. The summed E-state index contributed by atoms with van der Waals surface area (Å²) >= 11 is 3.83. The largest absolute Gasteiger partial charge is 0.456 e. The molecule has 58 heavy (non-hydrogen) atoms. The minimum Gasteiger partial charge on any atom is -0.456 e. The highest BCUT2D eigenvalue weighted by molar-refractivity contribution is 7.29. The summed E-state index contributed by atoms with van der Waals surface area (Å²) in [7, 11) is 0.867. The summed E-state index contributed by atoms with van der Waals surface area (Å²) in [5.74, 6) is 0. The van der Waals surface area contributed by atoms with Crippen molar-refractivity contribution in [1.82, 2.24) is 4.57 Å². The van der Waals surface area contributed by atoms with Crippen LogP contribution in [0.25, 0.3) is 90.8 Å². The second kappa shape index (κ2) is 11.9. The van der Waals surface area contributed by atoms with E-state index in [-0.39, 0.29) is 10.8 Å². The molecule has 0 amide bonds. The number of thiophene rings is 2. The van der Waals surface area contributed by atoms with Crippen LogP contribution in [0.5, 0.6) is 0 Å². The van der Waals surface area contributed by atoms with E-state index in [1.54, 1.807) is 0 Å². The third-order valence-electron chi connectivity index (χ3n) is 12.5. The summed E-state index contributed by atoms with van der Waals surface area (Å²) < 4.78 is 14.5. The summed E-state index contributed by atoms with van der Waals surface area (Å²) in [6, 6.07) is 47.7. The fourth-order valence-electron chi connectivity index (χ4n) is 9.49. The average molecular weight is 785 g/mol. The molecule has 280 valence electrons. The molecule has 5 heterocycles. The van der Waals surface area contributed by atoms with Crippen LogP contribution in [0, 0.1) is 0 Å². The molecule has 4 aromatic heterocycles. The van der Waals surface area contributed by atoms with Crippen LogP contribution in [0.15, 0.2) is 132 Å². The Morgan fingerprint density at radius 3 is 2.09 bits per heavy atom. The van der Waals surface area contributed by atoms with Gasteiger partial charge >= 0.3 is 0 Å². The highest BCUT2D eigenvalue weighted by Gasteiger charge is 2.31. The number of nitrogens with zero attached hydrogens (tertiary/aromatic N) is 1. The van der Waals surface area contributed by atoms with Crippen molar-refractivity contribution < 1.29 is 4.42 Å². The summed E-state index contributed by atoms with van der Waals surface area (Å²) in [6.45, 7) is 13.8. The molecule has 7 aromatic carbocycles. The van der Waals surface area contributed by atoms with Gasteiger partial charge < -0.3 is 14.3 Å². The lowest BCUT2D eigenvalue weighted by Gasteiger charge is -2.23. The van der Waals surface area contributed by atoms with Gasteiger partial charge in [-0.05, 0) is 92.4 Å². The van der Waals surface area contributed by atoms with Gasteiger partial charge in [0.1, 0.15) is 11.2 Å². The molecule has 0 spiro atoms. The number of furan rings is 1. The van der Waals surface area contributed by atoms with E-state index >= 15 is 0 Å². The van der Waals surface area contributed by atoms with Crippen LogP contribution >= 0.6 is 22.7 Å². The normalized spacial score (nSPS) is 13.1. The number of hydrogen-bond donors (Lipinski definition) is 1. The molecule has 6 heteroatoms. The van der Waals surface area contributed by atoms with Crippen LogP contribution in [0.2, 0.25) is 0 Å². The molecule has 0 saturated carbocycles. The van der Waals surface area contributed by atoms with Gasteiger partial charge in [0.25, 0.3) is 0 Å². The minimum absolute atomic E-state index is 0.0407. The van der Waals surface area contributed by atoms with Gasteiger partial charge in [0.2, 0.25) is 7.28 Å². The summed E-state index contributed by atoms with van der Waals surface area (Å²) in [5, 5.41) is 12.7. The van der Waals surface area contributed by atoms with Crippen LogP contribution in [0.3, 0.4) is 0 Å². The fraction of sp³-hybridized carbons (Fsp3) is 0.154. The molecule has 11 aromatic rings. The van der Waals surface area contributed by atoms with E-state index in [1.165, 1.54) is 90.2 Å². The molecule has 0 unspecified atom stereocenters. The molecular formula is C52H41BN2OS2. The molecule has 12 rings (SSSR count). The van der Waals surface area contributed by atoms with Gasteiger partial charge in [0, 0.05) is 80.3 Å². The Balaban J connectivity index is 1.16. The lowest BCUT2D eigenvalue weighted by molar-refractivity contribution is 0.590. The van der Waals surface area contributed by atoms with Crippen molar-refractivity contribution in [2.45, 2.75) is 52.4 Å². The van der Waals surface area contributed by atoms with Crippen molar-refractivity contribution >= 4 is 126 Å². The molecular weight excluding hydrogens is 744 g/mol. The zero-order chi connectivity index (χ0) is 39.2. The standard InChI is InChI=1S/C52H41BN2OS2/c1-51(2,3)28-15-18-30(19-16-28)54-40-25-38-32-12-8-10-14-44(32)57-46(38)26-35(40)33-20-21-34-36-24-37-31-11-7-9-13-42(31)56-43(37)27-41(36)55-48(34)47(33)53-50-49(55)39-23-29(52(4,5)6)17-22-45(39)58-50/h7-27,53-54H,1-6H3. The number of hydrogen-bond acceptors (Lipinski definition) is 4. The maximum atomic E-state index is 6.56. The zero-order valence-electron chi connectivity index (χ0n) is 33.5. The van der Waals surface area contributed by atoms with Crippen molar-refractivity contribution in [1.29, 1.82) is 0 Å². The van der Waals surface area contributed by atoms with Crippen molar-refractivity contribution in [3.05, 3.63) is 139 Å². The predicted octanol–water partition coefficient (Wildman–Crippen LogP) is 14.0. The maximum Gasteiger partial charge on any atom is 0.211 e. The molecule has 0 fully saturated rings. The van der Waals surface area contributed by atoms with E-state index in [0.717, 1.165) is 40.6 Å². The van der Waals surface area contributed by atoms with Crippen molar-refractivity contribution in [3.63, 3.8) is 0 Å². The Bertz CT molecular complexity index is 3530. The molecule has 1 aliphatic rings. The Hall–Kier alpha value is -5.82. The quantitative estimate of drug-likeness (QED) is 0.181. The lowest BCUT2D eigenvalue weighted by atomic mass is 9.63. The van der Waals surface area contributed by atoms with E-state index in [0.29, 0.717) is 0 Å². The molecule has 3 nitrogen and oxygen atoms in total. The van der Waals surface area contributed by atoms with Gasteiger partial charge in [-0.15, -0.1) is 22.7 Å². The van der Waals surface area contributed by atoms with E-state index < -0.39 is 0 Å². The highest BCUT2D eigenvalue weighted by Crippen LogP contribution is 2.45. The monoisotopic (exact) mass is 784 g/mol. The Morgan fingerprint density at radius 2 is 1.28 bits per heavy atom. The van der Waals surface area contributed by atoms with Gasteiger partial charge in [-0.3, -0.25) is 0 Å². The smallest absolute Gasteiger partial charge is 0.211 e. The second-order valence-corrected chi connectivity index (χ2v) is 20.5. The SMILES string of the molecule is CC(C)(C)c1ccc(Nc2cc3c(cc2-c2ccc4c5cc6c(cc5n5c4c2Bc2sc4ccc(C(C)(C)C)cc4c2-5)oc2ccccc26)sc2ccccc23)cc1. The van der Waals surface area contributed by atoms with Crippen LogP contribution in [-0.2, 0) is 10.8 Å². The molecule has 0 aliphatic carbocycles. The molecule has 0 radical (unpaired) electrons. The van der Waals surface area contributed by atoms with Gasteiger partial charge in [0.05, 0.1) is 11.2 Å². The molecule has 0 atom stereocenters. The first-order chi connectivity index (χ1) is 28.0. The number of nitrogens with one attached hydrogen (secondary N) is 1. The van der Waals surface area contributed by atoms with Gasteiger partial charge in [-0.2, -0.15) is 0 Å². The average Bonchev–Trinajstić information content (AvgIpc) is 3.95. The number of rotatable bonds is 3. The van der Waals surface area contributed by atoms with Crippen molar-refractivity contribution in [3.8, 4) is 16.8 Å². The fourth-order valence-corrected chi connectivity index (χ4v) is 11.8. The minimum atomic E-state index is 0.0407. The first-order valence-electron chi connectivity index (χ1n) is 20.3. The van der Waals surface area contributed by atoms with E-state index in [2.05, 4.69) is 179 Å². The van der Waals surface area contributed by atoms with Crippen LogP contribution in [0.1, 0.15) is 52.7 Å². The van der Waals surface area contributed by atoms with Crippen molar-refractivity contribution in [2.75, 3.05) is 5.32 Å².